The minimum absolute atomic E-state index is 0.272. The maximum Gasteiger partial charge on any atom is 0.328 e. The smallest absolute Gasteiger partial charge is 0.328 e. The molecule has 202 valence electrons. The highest BCUT2D eigenvalue weighted by Gasteiger charge is 2.51. The number of likely N-dealkylation sites (N-methyl/N-ethyl adjacent to an activating group) is 1. The van der Waals surface area contributed by atoms with Crippen molar-refractivity contribution in [2.24, 2.45) is 16.8 Å². The van der Waals surface area contributed by atoms with Crippen LogP contribution in [0.4, 0.5) is 16.6 Å². The van der Waals surface area contributed by atoms with Crippen molar-refractivity contribution >= 4 is 41.7 Å². The molecule has 1 N–H and O–H groups in total. The van der Waals surface area contributed by atoms with Gasteiger partial charge in [-0.05, 0) is 38.2 Å². The maximum atomic E-state index is 13.2. The van der Waals surface area contributed by atoms with Gasteiger partial charge in [-0.2, -0.15) is 0 Å². The predicted molar refractivity (Wildman–Crippen MR) is 138 cm³/mol. The summed E-state index contributed by atoms with van der Waals surface area (Å²) >= 11 is 0. The number of rotatable bonds is 7. The number of nitrogens with zero attached hydrogens (tertiary/aromatic N) is 9. The summed E-state index contributed by atoms with van der Waals surface area (Å²) in [6.07, 6.45) is 6.79. The monoisotopic (exact) mass is 532 g/mol. The summed E-state index contributed by atoms with van der Waals surface area (Å²) in [6.45, 7) is 4.58. The summed E-state index contributed by atoms with van der Waals surface area (Å²) < 4.78 is 0. The lowest BCUT2D eigenvalue weighted by atomic mass is 10.1. The fourth-order valence-electron chi connectivity index (χ4n) is 5.38. The van der Waals surface area contributed by atoms with Gasteiger partial charge in [-0.1, -0.05) is 0 Å². The molecule has 2 aromatic rings. The average molecular weight is 533 g/mol. The molecule has 4 amide bonds. The molecule has 2 saturated heterocycles. The molecule has 3 aliphatic heterocycles. The van der Waals surface area contributed by atoms with Gasteiger partial charge in [-0.3, -0.25) is 19.3 Å². The number of nitrogens with one attached hydrogen (secondary N) is 1. The quantitative estimate of drug-likeness (QED) is 0.524. The molecule has 4 unspecified atom stereocenters. The molecule has 5 heterocycles. The standard InChI is InChI=1S/C25H28N10O4/c1-13(36)9-34-23(38)19-21(32(3)25(34)39)29-12-35(19)14(2)22(37)31-18-4-5-26-20(30-18)17-7-27-24(28-8-17)33-10-15-6-16(15)11-33/h4-5,7-8,12,14-16,19,21H,6,9-11H2,1-3H3,(H,26,30,31,37)/t14-,15?,16?,19?,21?/m0/s1. The molecule has 14 nitrogen and oxygen atoms in total. The fraction of sp³-hybridized carbons (Fsp3) is 0.480. The Morgan fingerprint density at radius 1 is 1.13 bits per heavy atom. The number of amides is 4. The fourth-order valence-corrected chi connectivity index (χ4v) is 5.38. The first-order valence-corrected chi connectivity index (χ1v) is 12.8. The number of Topliss-reactive ketones (excluding diaryl/α,β-unsaturated/α-hetero) is 1. The van der Waals surface area contributed by atoms with Gasteiger partial charge in [0.2, 0.25) is 11.9 Å². The molecule has 39 heavy (non-hydrogen) atoms. The van der Waals surface area contributed by atoms with Crippen molar-refractivity contribution in [3.8, 4) is 11.4 Å². The number of carbonyl (C=O) groups is 4. The number of urea groups is 1. The predicted octanol–water partition coefficient (Wildman–Crippen LogP) is 0.238. The zero-order chi connectivity index (χ0) is 27.4. The Labute approximate surface area is 224 Å². The second kappa shape index (κ2) is 9.36. The number of aromatic nitrogens is 4. The van der Waals surface area contributed by atoms with E-state index in [1.165, 1.54) is 42.7 Å². The van der Waals surface area contributed by atoms with Gasteiger partial charge in [-0.25, -0.2) is 29.7 Å². The van der Waals surface area contributed by atoms with E-state index in [4.69, 9.17) is 0 Å². The SMILES string of the molecule is CC(=O)CN1C(=O)C2C(N=CN2[C@@H](C)C(=O)Nc2ccnc(-c3cnc(N4CC5CC5C4)nc3)n2)N(C)C1=O. The highest BCUT2D eigenvalue weighted by atomic mass is 16.2. The van der Waals surface area contributed by atoms with Crippen molar-refractivity contribution in [2.45, 2.75) is 38.5 Å². The maximum absolute atomic E-state index is 13.2. The molecule has 1 aliphatic carbocycles. The number of anilines is 2. The molecule has 2 aromatic heterocycles. The Bertz CT molecular complexity index is 1370. The van der Waals surface area contributed by atoms with Crippen molar-refractivity contribution < 1.29 is 19.2 Å². The lowest BCUT2D eigenvalue weighted by Crippen LogP contribution is -2.66. The van der Waals surface area contributed by atoms with Gasteiger partial charge in [-0.15, -0.1) is 0 Å². The molecule has 1 saturated carbocycles. The van der Waals surface area contributed by atoms with Crippen molar-refractivity contribution in [1.29, 1.82) is 0 Å². The molecule has 0 radical (unpaired) electrons. The first kappa shape index (κ1) is 24.8. The van der Waals surface area contributed by atoms with Crippen LogP contribution in [-0.2, 0) is 14.4 Å². The molecule has 0 bridgehead atoms. The number of imide groups is 1. The van der Waals surface area contributed by atoms with Crippen molar-refractivity contribution in [1.82, 2.24) is 34.6 Å². The van der Waals surface area contributed by atoms with E-state index >= 15 is 0 Å². The van der Waals surface area contributed by atoms with Crippen LogP contribution in [0.15, 0.2) is 29.6 Å². The number of piperidine rings is 1. The number of ketones is 1. The Morgan fingerprint density at radius 3 is 2.54 bits per heavy atom. The van der Waals surface area contributed by atoms with Crippen LogP contribution >= 0.6 is 0 Å². The van der Waals surface area contributed by atoms with Gasteiger partial charge in [0.15, 0.2) is 18.0 Å². The molecular formula is C25H28N10O4. The minimum atomic E-state index is -0.925. The third-order valence-corrected chi connectivity index (χ3v) is 7.68. The number of aliphatic imine (C=N–C) groups is 1. The second-order valence-electron chi connectivity index (χ2n) is 10.5. The first-order valence-electron chi connectivity index (χ1n) is 12.8. The summed E-state index contributed by atoms with van der Waals surface area (Å²) in [4.78, 5) is 78.5. The normalized spacial score (nSPS) is 26.0. The highest BCUT2D eigenvalue weighted by molar-refractivity contribution is 6.05. The zero-order valence-corrected chi connectivity index (χ0v) is 21.8. The number of carbonyl (C=O) groups excluding carboxylic acids is 4. The topological polar surface area (TPSA) is 157 Å². The Hall–Kier alpha value is -4.49. The van der Waals surface area contributed by atoms with E-state index in [0.717, 1.165) is 29.8 Å². The van der Waals surface area contributed by atoms with Crippen LogP contribution in [0.2, 0.25) is 0 Å². The van der Waals surface area contributed by atoms with E-state index in [-0.39, 0.29) is 18.1 Å². The molecule has 0 aromatic carbocycles. The first-order chi connectivity index (χ1) is 18.7. The highest BCUT2D eigenvalue weighted by Crippen LogP contribution is 2.45. The van der Waals surface area contributed by atoms with Gasteiger partial charge < -0.3 is 20.0 Å². The lowest BCUT2D eigenvalue weighted by Gasteiger charge is -2.41. The van der Waals surface area contributed by atoms with Gasteiger partial charge in [0, 0.05) is 38.7 Å². The van der Waals surface area contributed by atoms with Gasteiger partial charge in [0.25, 0.3) is 5.91 Å². The van der Waals surface area contributed by atoms with E-state index in [2.05, 4.69) is 35.1 Å². The molecule has 6 rings (SSSR count). The van der Waals surface area contributed by atoms with Crippen molar-refractivity contribution in [3.63, 3.8) is 0 Å². The summed E-state index contributed by atoms with van der Waals surface area (Å²) in [5.41, 5.74) is 0.618. The van der Waals surface area contributed by atoms with Crippen LogP contribution in [0.5, 0.6) is 0 Å². The van der Waals surface area contributed by atoms with Gasteiger partial charge in [0.1, 0.15) is 17.6 Å². The largest absolute Gasteiger partial charge is 0.340 e. The molecule has 14 heteroatoms. The van der Waals surface area contributed by atoms with Crippen LogP contribution in [0.1, 0.15) is 20.3 Å². The van der Waals surface area contributed by atoms with Crippen LogP contribution < -0.4 is 10.2 Å². The number of fused-ring (bicyclic) bond motifs is 2. The summed E-state index contributed by atoms with van der Waals surface area (Å²) in [5, 5.41) is 2.77. The van der Waals surface area contributed by atoms with Crippen molar-refractivity contribution in [2.75, 3.05) is 36.9 Å². The summed E-state index contributed by atoms with van der Waals surface area (Å²) in [6, 6.07) is -0.796. The third kappa shape index (κ3) is 4.45. The Morgan fingerprint density at radius 2 is 1.85 bits per heavy atom. The number of hydrogen-bond acceptors (Lipinski definition) is 11. The van der Waals surface area contributed by atoms with E-state index in [0.29, 0.717) is 17.3 Å². The summed E-state index contributed by atoms with van der Waals surface area (Å²) in [7, 11) is 1.51. The van der Waals surface area contributed by atoms with E-state index in [9.17, 15) is 19.2 Å². The molecule has 5 atom stereocenters. The molecular weight excluding hydrogens is 504 g/mol. The Balaban J connectivity index is 1.14. The van der Waals surface area contributed by atoms with Crippen molar-refractivity contribution in [3.05, 3.63) is 24.7 Å². The molecule has 4 aliphatic rings. The Kier molecular flexibility index (Phi) is 5.96. The zero-order valence-electron chi connectivity index (χ0n) is 21.8. The van der Waals surface area contributed by atoms with Gasteiger partial charge in [0.05, 0.1) is 18.4 Å². The van der Waals surface area contributed by atoms with E-state index in [1.807, 2.05) is 0 Å². The van der Waals surface area contributed by atoms with Crippen LogP contribution in [0.3, 0.4) is 0 Å². The van der Waals surface area contributed by atoms with Gasteiger partial charge >= 0.3 is 6.03 Å². The number of hydrogen-bond donors (Lipinski definition) is 1. The minimum Gasteiger partial charge on any atom is -0.340 e. The van der Waals surface area contributed by atoms with E-state index in [1.54, 1.807) is 25.4 Å². The molecule has 0 spiro atoms. The summed E-state index contributed by atoms with van der Waals surface area (Å²) in [5.74, 6) is 1.54. The average Bonchev–Trinajstić information content (AvgIpc) is 3.31. The van der Waals surface area contributed by atoms with Crippen LogP contribution in [-0.4, -0.2) is 110 Å². The third-order valence-electron chi connectivity index (χ3n) is 7.68. The van der Waals surface area contributed by atoms with Crippen LogP contribution in [0, 0.1) is 11.8 Å². The second-order valence-corrected chi connectivity index (χ2v) is 10.5. The molecule has 3 fully saturated rings. The van der Waals surface area contributed by atoms with Crippen LogP contribution in [0.25, 0.3) is 11.4 Å². The van der Waals surface area contributed by atoms with E-state index < -0.39 is 36.1 Å². The lowest BCUT2D eigenvalue weighted by molar-refractivity contribution is -0.141.